The Hall–Kier alpha value is -0.120. The third-order valence-electron chi connectivity index (χ3n) is 3.64. The van der Waals surface area contributed by atoms with Crippen molar-refractivity contribution in [2.24, 2.45) is 5.41 Å². The molecule has 3 nitrogen and oxygen atoms in total. The van der Waals surface area contributed by atoms with Crippen molar-refractivity contribution in [3.63, 3.8) is 0 Å². The first-order valence-electron chi connectivity index (χ1n) is 5.48. The Kier molecular flexibility index (Phi) is 2.86. The molecule has 0 unspecified atom stereocenters. The molecule has 3 heteroatoms. The minimum absolute atomic E-state index is 0.631. The van der Waals surface area contributed by atoms with E-state index < -0.39 is 0 Å². The smallest absolute Gasteiger partial charge is 0.0188 e. The monoisotopic (exact) mass is 183 g/mol. The first-order valence-corrected chi connectivity index (χ1v) is 5.48. The molecule has 2 saturated heterocycles. The van der Waals surface area contributed by atoms with Crippen molar-refractivity contribution < 1.29 is 0 Å². The summed E-state index contributed by atoms with van der Waals surface area (Å²) in [5.74, 6) is 0. The lowest BCUT2D eigenvalue weighted by atomic mass is 9.73. The van der Waals surface area contributed by atoms with E-state index in [1.807, 2.05) is 7.05 Å². The second kappa shape index (κ2) is 3.95. The maximum absolute atomic E-state index is 3.45. The van der Waals surface area contributed by atoms with Gasteiger partial charge in [-0.25, -0.2) is 5.01 Å². The van der Waals surface area contributed by atoms with Gasteiger partial charge in [0.25, 0.3) is 0 Å². The first-order chi connectivity index (χ1) is 6.35. The molecule has 0 aromatic carbocycles. The summed E-state index contributed by atoms with van der Waals surface area (Å²) >= 11 is 0. The van der Waals surface area contributed by atoms with E-state index in [-0.39, 0.29) is 0 Å². The summed E-state index contributed by atoms with van der Waals surface area (Å²) in [7, 11) is 2.04. The Balaban J connectivity index is 1.95. The fourth-order valence-electron chi connectivity index (χ4n) is 2.76. The van der Waals surface area contributed by atoms with E-state index >= 15 is 0 Å². The van der Waals surface area contributed by atoms with Gasteiger partial charge in [-0.15, -0.1) is 0 Å². The number of rotatable bonds is 1. The van der Waals surface area contributed by atoms with E-state index in [1.54, 1.807) is 0 Å². The van der Waals surface area contributed by atoms with Crippen LogP contribution in [-0.2, 0) is 0 Å². The summed E-state index contributed by atoms with van der Waals surface area (Å²) in [6.45, 7) is 4.92. The molecule has 2 aliphatic heterocycles. The molecule has 2 fully saturated rings. The molecule has 0 aliphatic carbocycles. The van der Waals surface area contributed by atoms with E-state index in [9.17, 15) is 0 Å². The van der Waals surface area contributed by atoms with Crippen LogP contribution >= 0.6 is 0 Å². The average molecular weight is 183 g/mol. The number of hydrogen-bond donors (Lipinski definition) is 2. The van der Waals surface area contributed by atoms with Crippen LogP contribution in [0.1, 0.15) is 25.7 Å². The van der Waals surface area contributed by atoms with Crippen molar-refractivity contribution in [2.45, 2.75) is 25.7 Å². The molecule has 1 spiro atoms. The molecule has 0 atom stereocenters. The number of hydrogen-bond acceptors (Lipinski definition) is 3. The molecule has 2 rings (SSSR count). The highest BCUT2D eigenvalue weighted by Crippen LogP contribution is 2.37. The summed E-state index contributed by atoms with van der Waals surface area (Å²) < 4.78 is 0. The standard InChI is InChI=1S/C10H21N3/c1-11-13-8-2-3-10(9-13)4-6-12-7-5-10/h11-12H,2-9H2,1H3. The zero-order valence-electron chi connectivity index (χ0n) is 8.60. The molecule has 0 aromatic rings. The first kappa shape index (κ1) is 9.44. The highest BCUT2D eigenvalue weighted by Gasteiger charge is 2.35. The van der Waals surface area contributed by atoms with Gasteiger partial charge in [0.15, 0.2) is 0 Å². The molecule has 76 valence electrons. The molecular weight excluding hydrogens is 162 g/mol. The Labute approximate surface area is 80.8 Å². The summed E-state index contributed by atoms with van der Waals surface area (Å²) in [5.41, 5.74) is 3.92. The number of hydrazine groups is 1. The molecule has 2 N–H and O–H groups in total. The van der Waals surface area contributed by atoms with Gasteiger partial charge in [0, 0.05) is 13.1 Å². The highest BCUT2D eigenvalue weighted by molar-refractivity contribution is 4.89. The maximum Gasteiger partial charge on any atom is 0.0188 e. The van der Waals surface area contributed by atoms with Crippen LogP contribution in [0.5, 0.6) is 0 Å². The van der Waals surface area contributed by atoms with Crippen molar-refractivity contribution in [3.05, 3.63) is 0 Å². The van der Waals surface area contributed by atoms with Crippen molar-refractivity contribution in [2.75, 3.05) is 33.2 Å². The fourth-order valence-corrected chi connectivity index (χ4v) is 2.76. The molecule has 2 aliphatic rings. The predicted octanol–water partition coefficient (Wildman–Crippen LogP) is 0.586. The number of nitrogens with zero attached hydrogens (tertiary/aromatic N) is 1. The van der Waals surface area contributed by atoms with Gasteiger partial charge in [0.1, 0.15) is 0 Å². The second-order valence-electron chi connectivity index (χ2n) is 4.50. The van der Waals surface area contributed by atoms with Crippen LogP contribution in [0.15, 0.2) is 0 Å². The summed E-state index contributed by atoms with van der Waals surface area (Å²) in [6.07, 6.45) is 5.53. The van der Waals surface area contributed by atoms with Crippen molar-refractivity contribution in [1.82, 2.24) is 15.8 Å². The van der Waals surface area contributed by atoms with Gasteiger partial charge in [-0.1, -0.05) is 0 Å². The minimum atomic E-state index is 0.631. The van der Waals surface area contributed by atoms with Crippen molar-refractivity contribution >= 4 is 0 Å². The normalized spacial score (nSPS) is 29.3. The van der Waals surface area contributed by atoms with Gasteiger partial charge >= 0.3 is 0 Å². The lowest BCUT2D eigenvalue weighted by Gasteiger charge is -2.45. The van der Waals surface area contributed by atoms with Gasteiger partial charge < -0.3 is 5.32 Å². The Morgan fingerprint density at radius 2 is 2.00 bits per heavy atom. The van der Waals surface area contributed by atoms with E-state index in [4.69, 9.17) is 0 Å². The number of piperidine rings is 2. The third-order valence-corrected chi connectivity index (χ3v) is 3.64. The summed E-state index contributed by atoms with van der Waals surface area (Å²) in [6, 6.07) is 0. The third kappa shape index (κ3) is 2.03. The minimum Gasteiger partial charge on any atom is -0.317 e. The Morgan fingerprint density at radius 1 is 1.23 bits per heavy atom. The topological polar surface area (TPSA) is 27.3 Å². The zero-order chi connectivity index (χ0) is 9.15. The average Bonchev–Trinajstić information content (AvgIpc) is 2.19. The largest absolute Gasteiger partial charge is 0.317 e. The quantitative estimate of drug-likeness (QED) is 0.623. The van der Waals surface area contributed by atoms with Crippen LogP contribution in [0, 0.1) is 5.41 Å². The molecular formula is C10H21N3. The lowest BCUT2D eigenvalue weighted by Crippen LogP contribution is -2.51. The van der Waals surface area contributed by atoms with E-state index in [2.05, 4.69) is 15.8 Å². The Morgan fingerprint density at radius 3 is 2.69 bits per heavy atom. The SMILES string of the molecule is CNN1CCCC2(CCNCC2)C1. The van der Waals surface area contributed by atoms with Gasteiger partial charge in [0.05, 0.1) is 0 Å². The molecule has 2 heterocycles. The molecule has 0 radical (unpaired) electrons. The van der Waals surface area contributed by atoms with Crippen LogP contribution in [0.2, 0.25) is 0 Å². The van der Waals surface area contributed by atoms with Gasteiger partial charge in [-0.05, 0) is 51.2 Å². The maximum atomic E-state index is 3.45. The zero-order valence-corrected chi connectivity index (χ0v) is 8.60. The van der Waals surface area contributed by atoms with E-state index in [1.165, 1.54) is 51.9 Å². The Bertz CT molecular complexity index is 158. The fraction of sp³-hybridized carbons (Fsp3) is 1.00. The van der Waals surface area contributed by atoms with Crippen LogP contribution in [-0.4, -0.2) is 38.2 Å². The van der Waals surface area contributed by atoms with Crippen molar-refractivity contribution in [3.8, 4) is 0 Å². The lowest BCUT2D eigenvalue weighted by molar-refractivity contribution is 0.0340. The van der Waals surface area contributed by atoms with Gasteiger partial charge in [-0.2, -0.15) is 0 Å². The van der Waals surface area contributed by atoms with Crippen LogP contribution in [0.4, 0.5) is 0 Å². The van der Waals surface area contributed by atoms with E-state index in [0.717, 1.165) is 0 Å². The van der Waals surface area contributed by atoms with Crippen LogP contribution < -0.4 is 10.7 Å². The van der Waals surface area contributed by atoms with Gasteiger partial charge in [0.2, 0.25) is 0 Å². The molecule has 13 heavy (non-hydrogen) atoms. The van der Waals surface area contributed by atoms with E-state index in [0.29, 0.717) is 5.41 Å². The summed E-state index contributed by atoms with van der Waals surface area (Å²) in [5, 5.41) is 5.83. The number of nitrogens with one attached hydrogen (secondary N) is 2. The molecule has 0 saturated carbocycles. The molecule has 0 bridgehead atoms. The molecule has 0 aromatic heterocycles. The van der Waals surface area contributed by atoms with Crippen LogP contribution in [0.3, 0.4) is 0 Å². The predicted molar refractivity (Wildman–Crippen MR) is 54.4 cm³/mol. The van der Waals surface area contributed by atoms with Crippen LogP contribution in [0.25, 0.3) is 0 Å². The van der Waals surface area contributed by atoms with Crippen molar-refractivity contribution in [1.29, 1.82) is 0 Å². The second-order valence-corrected chi connectivity index (χ2v) is 4.50. The van der Waals surface area contributed by atoms with Gasteiger partial charge in [-0.3, -0.25) is 5.43 Å². The highest BCUT2D eigenvalue weighted by atomic mass is 15.5. The molecule has 0 amide bonds. The summed E-state index contributed by atoms with van der Waals surface area (Å²) in [4.78, 5) is 0.